The molecule has 0 bridgehead atoms. The van der Waals surface area contributed by atoms with Crippen molar-refractivity contribution in [3.63, 3.8) is 0 Å². The summed E-state index contributed by atoms with van der Waals surface area (Å²) < 4.78 is 1.89. The van der Waals surface area contributed by atoms with Crippen molar-refractivity contribution in [1.82, 2.24) is 4.98 Å². The lowest BCUT2D eigenvalue weighted by Gasteiger charge is -2.06. The molecule has 3 nitrogen and oxygen atoms in total. The average Bonchev–Trinajstić information content (AvgIpc) is 2.63. The Hall–Kier alpha value is -2.98. The lowest BCUT2D eigenvalue weighted by Crippen LogP contribution is -2.12. The molecule has 0 aliphatic carbocycles. The molecule has 4 aromatic carbocycles. The summed E-state index contributed by atoms with van der Waals surface area (Å²) in [4.78, 5) is 29.2. The maximum Gasteiger partial charge on any atom is 0.196 e. The van der Waals surface area contributed by atoms with Gasteiger partial charge in [0.2, 0.25) is 0 Å². The number of hydrogen-bond donors (Lipinski definition) is 1. The van der Waals surface area contributed by atoms with Crippen molar-refractivity contribution in [2.45, 2.75) is 0 Å². The zero-order chi connectivity index (χ0) is 16.3. The molecule has 0 aliphatic rings. The number of aromatic nitrogens is 1. The zero-order valence-electron chi connectivity index (χ0n) is 12.5. The summed E-state index contributed by atoms with van der Waals surface area (Å²) in [6.07, 6.45) is 0. The van der Waals surface area contributed by atoms with Crippen molar-refractivity contribution in [2.24, 2.45) is 0 Å². The molecule has 0 saturated heterocycles. The maximum atomic E-state index is 13.0. The second kappa shape index (κ2) is 4.76. The summed E-state index contributed by atoms with van der Waals surface area (Å²) in [5, 5.41) is 1.99. The molecule has 0 unspecified atom stereocenters. The number of benzene rings is 4. The van der Waals surface area contributed by atoms with Gasteiger partial charge in [-0.25, -0.2) is 0 Å². The van der Waals surface area contributed by atoms with E-state index >= 15 is 0 Å². The first-order valence-electron chi connectivity index (χ1n) is 7.63. The molecule has 24 heavy (non-hydrogen) atoms. The minimum absolute atomic E-state index is 0.0780. The van der Waals surface area contributed by atoms with Gasteiger partial charge < -0.3 is 4.98 Å². The van der Waals surface area contributed by atoms with Gasteiger partial charge in [0.1, 0.15) is 0 Å². The monoisotopic (exact) mass is 329 g/mol. The van der Waals surface area contributed by atoms with Crippen LogP contribution < -0.4 is 10.9 Å². The van der Waals surface area contributed by atoms with E-state index in [2.05, 4.69) is 4.98 Å². The molecule has 5 rings (SSSR count). The molecular weight excluding hydrogens is 318 g/mol. The molecule has 1 heterocycles. The van der Waals surface area contributed by atoms with Gasteiger partial charge in [0.15, 0.2) is 10.9 Å². The van der Waals surface area contributed by atoms with Crippen LogP contribution in [0, 0.1) is 0 Å². The Balaban J connectivity index is 2.13. The number of H-pyrrole nitrogens is 1. The number of rotatable bonds is 0. The van der Waals surface area contributed by atoms with E-state index in [-0.39, 0.29) is 10.9 Å². The Kier molecular flexibility index (Phi) is 2.67. The highest BCUT2D eigenvalue weighted by Crippen LogP contribution is 2.30. The topological polar surface area (TPSA) is 49.9 Å². The summed E-state index contributed by atoms with van der Waals surface area (Å²) >= 11 is 1.54. The van der Waals surface area contributed by atoms with Crippen molar-refractivity contribution in [3.05, 3.63) is 81.1 Å². The van der Waals surface area contributed by atoms with Gasteiger partial charge in [-0.15, -0.1) is 11.3 Å². The van der Waals surface area contributed by atoms with Crippen LogP contribution in [0.1, 0.15) is 0 Å². The molecule has 1 N–H and O–H groups in total. The Morgan fingerprint density at radius 2 is 1.38 bits per heavy atom. The van der Waals surface area contributed by atoms with Crippen molar-refractivity contribution >= 4 is 53.3 Å². The number of para-hydroxylation sites is 1. The standard InChI is InChI=1S/C20H11NO2S/c22-18-11-5-1-2-6-12(11)19(23)17-13(18)9-10-15-20(17)24-16-8-4-3-7-14(16)21-15/h1-10,21H. The first kappa shape index (κ1) is 13.5. The number of aromatic amines is 1. The van der Waals surface area contributed by atoms with Crippen LogP contribution in [-0.4, -0.2) is 4.98 Å². The van der Waals surface area contributed by atoms with Gasteiger partial charge in [-0.05, 0) is 24.3 Å². The van der Waals surface area contributed by atoms with Gasteiger partial charge in [-0.3, -0.25) is 9.59 Å². The molecule has 4 heteroatoms. The first-order valence-corrected chi connectivity index (χ1v) is 8.45. The van der Waals surface area contributed by atoms with Crippen LogP contribution in [0.2, 0.25) is 0 Å². The molecular formula is C20H11NO2S. The first-order chi connectivity index (χ1) is 11.7. The van der Waals surface area contributed by atoms with Crippen molar-refractivity contribution in [1.29, 1.82) is 0 Å². The molecule has 0 fully saturated rings. The highest BCUT2D eigenvalue weighted by atomic mass is 32.1. The van der Waals surface area contributed by atoms with Crippen molar-refractivity contribution < 1.29 is 0 Å². The Bertz CT molecular complexity index is 1400. The van der Waals surface area contributed by atoms with E-state index in [0.717, 1.165) is 20.4 Å². The van der Waals surface area contributed by atoms with Crippen molar-refractivity contribution in [3.8, 4) is 0 Å². The largest absolute Gasteiger partial charge is 0.353 e. The maximum absolute atomic E-state index is 13.0. The van der Waals surface area contributed by atoms with E-state index in [1.165, 1.54) is 0 Å². The van der Waals surface area contributed by atoms with E-state index in [4.69, 9.17) is 0 Å². The second-order valence-corrected chi connectivity index (χ2v) is 6.84. The van der Waals surface area contributed by atoms with Gasteiger partial charge in [0.05, 0.1) is 25.8 Å². The van der Waals surface area contributed by atoms with Crippen LogP contribution in [0.25, 0.3) is 42.0 Å². The summed E-state index contributed by atoms with van der Waals surface area (Å²) in [5.74, 6) is 0. The summed E-state index contributed by atoms with van der Waals surface area (Å²) in [5.41, 5.74) is 1.73. The number of fused-ring (bicyclic) bond motifs is 5. The van der Waals surface area contributed by atoms with Gasteiger partial charge in [-0.2, -0.15) is 0 Å². The molecule has 0 atom stereocenters. The van der Waals surface area contributed by atoms with Crippen LogP contribution in [0.15, 0.2) is 70.3 Å². The molecule has 0 saturated carbocycles. The molecule has 0 spiro atoms. The SMILES string of the molecule is O=c1c2ccccc2c(=O)c2c1ccc1[nH]c3ccccc3sc12. The third-order valence-electron chi connectivity index (χ3n) is 4.41. The Labute approximate surface area is 139 Å². The van der Waals surface area contributed by atoms with E-state index in [9.17, 15) is 9.59 Å². The minimum Gasteiger partial charge on any atom is -0.353 e. The van der Waals surface area contributed by atoms with Crippen LogP contribution >= 0.6 is 11.3 Å². The van der Waals surface area contributed by atoms with E-state index in [1.807, 2.05) is 30.3 Å². The van der Waals surface area contributed by atoms with E-state index < -0.39 is 0 Å². The third kappa shape index (κ3) is 1.71. The average molecular weight is 329 g/mol. The second-order valence-electron chi connectivity index (χ2n) is 5.79. The predicted octanol–water partition coefficient (Wildman–Crippen LogP) is 4.41. The van der Waals surface area contributed by atoms with Crippen LogP contribution in [-0.2, 0) is 0 Å². The summed E-state index contributed by atoms with van der Waals surface area (Å²) in [6, 6.07) is 18.6. The molecule has 114 valence electrons. The molecule has 0 radical (unpaired) electrons. The van der Waals surface area contributed by atoms with Gasteiger partial charge in [-0.1, -0.05) is 36.4 Å². The van der Waals surface area contributed by atoms with E-state index in [1.54, 1.807) is 41.7 Å². The fraction of sp³-hybridized carbons (Fsp3) is 0. The van der Waals surface area contributed by atoms with Gasteiger partial charge >= 0.3 is 0 Å². The lowest BCUT2D eigenvalue weighted by atomic mass is 10.0. The minimum atomic E-state index is -0.0811. The van der Waals surface area contributed by atoms with Crippen LogP contribution in [0.3, 0.4) is 0 Å². The van der Waals surface area contributed by atoms with Crippen LogP contribution in [0.4, 0.5) is 0 Å². The smallest absolute Gasteiger partial charge is 0.196 e. The van der Waals surface area contributed by atoms with Gasteiger partial charge in [0.25, 0.3) is 0 Å². The highest BCUT2D eigenvalue weighted by molar-refractivity contribution is 7.25. The van der Waals surface area contributed by atoms with Gasteiger partial charge in [0, 0.05) is 16.2 Å². The summed E-state index contributed by atoms with van der Waals surface area (Å²) in [7, 11) is 0. The number of hydrogen-bond acceptors (Lipinski definition) is 3. The lowest BCUT2D eigenvalue weighted by molar-refractivity contribution is 1.52. The predicted molar refractivity (Wildman–Crippen MR) is 101 cm³/mol. The normalized spacial score (nSPS) is 11.7. The molecule has 1 aromatic heterocycles. The third-order valence-corrected chi connectivity index (χ3v) is 5.62. The Morgan fingerprint density at radius 1 is 0.667 bits per heavy atom. The summed E-state index contributed by atoms with van der Waals surface area (Å²) in [6.45, 7) is 0. The zero-order valence-corrected chi connectivity index (χ0v) is 13.3. The fourth-order valence-electron chi connectivity index (χ4n) is 3.27. The van der Waals surface area contributed by atoms with Crippen LogP contribution in [0.5, 0.6) is 0 Å². The quantitative estimate of drug-likeness (QED) is 0.338. The van der Waals surface area contributed by atoms with E-state index in [0.29, 0.717) is 21.5 Å². The highest BCUT2D eigenvalue weighted by Gasteiger charge is 2.13. The molecule has 5 aromatic rings. The Morgan fingerprint density at radius 3 is 2.21 bits per heavy atom. The molecule has 0 amide bonds. The molecule has 0 aliphatic heterocycles. The van der Waals surface area contributed by atoms with Crippen molar-refractivity contribution in [2.75, 3.05) is 0 Å². The number of nitrogens with one attached hydrogen (secondary N) is 1. The fourth-order valence-corrected chi connectivity index (χ4v) is 4.40.